The van der Waals surface area contributed by atoms with Gasteiger partial charge in [-0.1, -0.05) is 23.4 Å². The molecule has 0 spiro atoms. The van der Waals surface area contributed by atoms with Crippen LogP contribution in [0.5, 0.6) is 0 Å². The highest BCUT2D eigenvalue weighted by Gasteiger charge is 2.26. The molecular weight excluding hydrogens is 240 g/mol. The minimum Gasteiger partial charge on any atom is -0.411 e. The van der Waals surface area contributed by atoms with E-state index < -0.39 is 16.1 Å². The Labute approximate surface area is 101 Å². The number of rotatable bonds is 4. The fourth-order valence-corrected chi connectivity index (χ4v) is 2.72. The van der Waals surface area contributed by atoms with Crippen LogP contribution in [0.2, 0.25) is 0 Å². The van der Waals surface area contributed by atoms with Gasteiger partial charge in [0.2, 0.25) is 10.0 Å². The molecule has 1 N–H and O–H groups in total. The van der Waals surface area contributed by atoms with Crippen molar-refractivity contribution < 1.29 is 13.6 Å². The van der Waals surface area contributed by atoms with Crippen LogP contribution in [-0.2, 0) is 10.0 Å². The zero-order valence-corrected chi connectivity index (χ0v) is 10.8. The van der Waals surface area contributed by atoms with Gasteiger partial charge in [-0.15, -0.1) is 0 Å². The van der Waals surface area contributed by atoms with E-state index in [1.54, 1.807) is 32.0 Å². The lowest BCUT2D eigenvalue weighted by Crippen LogP contribution is -2.39. The number of oxime groups is 1. The van der Waals surface area contributed by atoms with Gasteiger partial charge in [-0.2, -0.15) is 4.31 Å². The first-order valence-corrected chi connectivity index (χ1v) is 6.57. The van der Waals surface area contributed by atoms with E-state index >= 15 is 0 Å². The van der Waals surface area contributed by atoms with Crippen LogP contribution in [0.1, 0.15) is 13.8 Å². The molecule has 0 fully saturated rings. The Morgan fingerprint density at radius 3 is 2.35 bits per heavy atom. The average Bonchev–Trinajstić information content (AvgIpc) is 2.37. The van der Waals surface area contributed by atoms with Crippen molar-refractivity contribution in [3.8, 4) is 0 Å². The third-order valence-electron chi connectivity index (χ3n) is 2.73. The van der Waals surface area contributed by atoms with Crippen molar-refractivity contribution in [2.24, 2.45) is 5.16 Å². The highest BCUT2D eigenvalue weighted by atomic mass is 32.2. The van der Waals surface area contributed by atoms with E-state index in [4.69, 9.17) is 5.21 Å². The van der Waals surface area contributed by atoms with E-state index in [-0.39, 0.29) is 4.90 Å². The second kappa shape index (κ2) is 5.29. The van der Waals surface area contributed by atoms with E-state index in [0.717, 1.165) is 0 Å². The number of hydrogen-bond acceptors (Lipinski definition) is 4. The summed E-state index contributed by atoms with van der Waals surface area (Å²) in [6, 6.07) is 7.65. The van der Waals surface area contributed by atoms with Gasteiger partial charge in [-0.3, -0.25) is 0 Å². The van der Waals surface area contributed by atoms with Gasteiger partial charge < -0.3 is 5.21 Å². The van der Waals surface area contributed by atoms with Crippen molar-refractivity contribution in [2.45, 2.75) is 24.8 Å². The first kappa shape index (κ1) is 13.7. The number of nitrogens with zero attached hydrogens (tertiary/aromatic N) is 2. The predicted octanol–water partition coefficient (Wildman–Crippen LogP) is 1.55. The third-order valence-corrected chi connectivity index (χ3v) is 4.67. The first-order chi connectivity index (χ1) is 7.91. The Balaban J connectivity index is 3.08. The molecule has 1 rings (SSSR count). The molecule has 1 aromatic carbocycles. The van der Waals surface area contributed by atoms with E-state index in [9.17, 15) is 8.42 Å². The molecule has 0 aliphatic carbocycles. The van der Waals surface area contributed by atoms with Crippen LogP contribution < -0.4 is 0 Å². The number of sulfonamides is 1. The Morgan fingerprint density at radius 2 is 1.88 bits per heavy atom. The van der Waals surface area contributed by atoms with Gasteiger partial charge in [0, 0.05) is 7.05 Å². The highest BCUT2D eigenvalue weighted by molar-refractivity contribution is 7.89. The predicted molar refractivity (Wildman–Crippen MR) is 65.7 cm³/mol. The summed E-state index contributed by atoms with van der Waals surface area (Å²) < 4.78 is 25.5. The Bertz CT molecular complexity index is 497. The van der Waals surface area contributed by atoms with E-state index in [2.05, 4.69) is 5.16 Å². The molecule has 94 valence electrons. The number of benzene rings is 1. The monoisotopic (exact) mass is 256 g/mol. The van der Waals surface area contributed by atoms with Gasteiger partial charge in [0.25, 0.3) is 0 Å². The molecule has 0 amide bonds. The van der Waals surface area contributed by atoms with Crippen LogP contribution in [-0.4, -0.2) is 36.7 Å². The molecule has 0 aliphatic heterocycles. The van der Waals surface area contributed by atoms with Gasteiger partial charge >= 0.3 is 0 Å². The van der Waals surface area contributed by atoms with Crippen LogP contribution in [0.15, 0.2) is 40.4 Å². The Hall–Kier alpha value is -1.40. The van der Waals surface area contributed by atoms with Crippen LogP contribution >= 0.6 is 0 Å². The van der Waals surface area contributed by atoms with Gasteiger partial charge in [0.05, 0.1) is 16.6 Å². The maximum atomic E-state index is 12.2. The summed E-state index contributed by atoms with van der Waals surface area (Å²) in [5, 5.41) is 11.7. The lowest BCUT2D eigenvalue weighted by atomic mass is 10.2. The molecule has 17 heavy (non-hydrogen) atoms. The fraction of sp³-hybridized carbons (Fsp3) is 0.364. The van der Waals surface area contributed by atoms with Crippen molar-refractivity contribution in [2.75, 3.05) is 7.05 Å². The molecule has 1 aromatic rings. The van der Waals surface area contributed by atoms with Crippen LogP contribution in [0.25, 0.3) is 0 Å². The molecule has 0 radical (unpaired) electrons. The fourth-order valence-electron chi connectivity index (χ4n) is 1.31. The van der Waals surface area contributed by atoms with Crippen molar-refractivity contribution in [3.63, 3.8) is 0 Å². The smallest absolute Gasteiger partial charge is 0.243 e. The molecule has 5 nitrogen and oxygen atoms in total. The lowest BCUT2D eigenvalue weighted by molar-refractivity contribution is 0.312. The maximum Gasteiger partial charge on any atom is 0.243 e. The molecule has 0 aromatic heterocycles. The lowest BCUT2D eigenvalue weighted by Gasteiger charge is -2.23. The van der Waals surface area contributed by atoms with Crippen molar-refractivity contribution in [3.05, 3.63) is 30.3 Å². The SMILES string of the molecule is C/C(=N/O)[C@H](C)N(C)S(=O)(=O)c1ccccc1. The molecule has 0 bridgehead atoms. The molecular formula is C11H16N2O3S. The van der Waals surface area contributed by atoms with Crippen molar-refractivity contribution >= 4 is 15.7 Å². The second-order valence-electron chi connectivity index (χ2n) is 3.75. The molecule has 6 heteroatoms. The van der Waals surface area contributed by atoms with Gasteiger partial charge in [-0.25, -0.2) is 8.42 Å². The summed E-state index contributed by atoms with van der Waals surface area (Å²) in [6.45, 7) is 3.23. The largest absolute Gasteiger partial charge is 0.411 e. The zero-order valence-electron chi connectivity index (χ0n) is 10.0. The summed E-state index contributed by atoms with van der Waals surface area (Å²) in [5.41, 5.74) is 0.340. The third kappa shape index (κ3) is 2.83. The minimum atomic E-state index is -3.55. The average molecular weight is 256 g/mol. The topological polar surface area (TPSA) is 70.0 Å². The summed E-state index contributed by atoms with van der Waals surface area (Å²) in [7, 11) is -2.09. The van der Waals surface area contributed by atoms with Gasteiger partial charge in [0.15, 0.2) is 0 Å². The summed E-state index contributed by atoms with van der Waals surface area (Å²) >= 11 is 0. The van der Waals surface area contributed by atoms with Crippen molar-refractivity contribution in [1.29, 1.82) is 0 Å². The normalized spacial score (nSPS) is 14.9. The summed E-state index contributed by atoms with van der Waals surface area (Å²) in [6.07, 6.45) is 0. The summed E-state index contributed by atoms with van der Waals surface area (Å²) in [4.78, 5) is 0.222. The zero-order chi connectivity index (χ0) is 13.1. The standard InChI is InChI=1S/C11H16N2O3S/c1-9(12-14)10(2)13(3)17(15,16)11-7-5-4-6-8-11/h4-8,10,14H,1-3H3/b12-9-/t10-/m0/s1. The Morgan fingerprint density at radius 1 is 1.35 bits per heavy atom. The van der Waals surface area contributed by atoms with E-state index in [1.165, 1.54) is 23.5 Å². The molecule has 0 saturated heterocycles. The molecule has 0 aliphatic rings. The van der Waals surface area contributed by atoms with E-state index in [1.807, 2.05) is 0 Å². The van der Waals surface area contributed by atoms with Crippen LogP contribution in [0.3, 0.4) is 0 Å². The van der Waals surface area contributed by atoms with Crippen LogP contribution in [0, 0.1) is 0 Å². The maximum absolute atomic E-state index is 12.2. The van der Waals surface area contributed by atoms with Gasteiger partial charge in [0.1, 0.15) is 0 Å². The summed E-state index contributed by atoms with van der Waals surface area (Å²) in [5.74, 6) is 0. The second-order valence-corrected chi connectivity index (χ2v) is 5.75. The quantitative estimate of drug-likeness (QED) is 0.505. The molecule has 0 heterocycles. The molecule has 1 atom stereocenters. The Kier molecular flexibility index (Phi) is 4.25. The minimum absolute atomic E-state index is 0.222. The van der Waals surface area contributed by atoms with Crippen LogP contribution in [0.4, 0.5) is 0 Å². The number of hydrogen-bond donors (Lipinski definition) is 1. The van der Waals surface area contributed by atoms with Gasteiger partial charge in [-0.05, 0) is 26.0 Å². The highest BCUT2D eigenvalue weighted by Crippen LogP contribution is 2.16. The molecule has 0 saturated carbocycles. The first-order valence-electron chi connectivity index (χ1n) is 5.13. The van der Waals surface area contributed by atoms with Crippen molar-refractivity contribution in [1.82, 2.24) is 4.31 Å². The molecule has 0 unspecified atom stereocenters. The van der Waals surface area contributed by atoms with E-state index in [0.29, 0.717) is 5.71 Å².